The van der Waals surface area contributed by atoms with Crippen molar-refractivity contribution in [2.75, 3.05) is 4.72 Å². The fourth-order valence-electron chi connectivity index (χ4n) is 2.08. The lowest BCUT2D eigenvalue weighted by molar-refractivity contribution is -0.0429. The molecule has 0 heterocycles. The van der Waals surface area contributed by atoms with E-state index < -0.39 is 15.5 Å². The van der Waals surface area contributed by atoms with Crippen molar-refractivity contribution < 1.29 is 26.4 Å². The minimum Gasteiger partial charge on any atom is -0.391 e. The molecule has 0 amide bonds. The molecule has 0 saturated heterocycles. The average Bonchev–Trinajstić information content (AvgIpc) is 2.57. The Morgan fingerprint density at radius 2 is 1.81 bits per heavy atom. The summed E-state index contributed by atoms with van der Waals surface area (Å²) in [7, 11) is -5.54. The number of alkyl halides is 3. The van der Waals surface area contributed by atoms with Gasteiger partial charge < -0.3 is 4.84 Å². The van der Waals surface area contributed by atoms with Crippen molar-refractivity contribution in [2.24, 2.45) is 5.16 Å². The number of sulfonamides is 1. The number of benzene rings is 2. The van der Waals surface area contributed by atoms with E-state index in [1.54, 1.807) is 11.6 Å². The van der Waals surface area contributed by atoms with Gasteiger partial charge in [0.15, 0.2) is 0 Å². The summed E-state index contributed by atoms with van der Waals surface area (Å²) in [6, 6.07) is 11.6. The van der Waals surface area contributed by atoms with Crippen LogP contribution in [0.3, 0.4) is 0 Å². The second-order valence-electron chi connectivity index (χ2n) is 5.68. The van der Waals surface area contributed by atoms with Crippen LogP contribution >= 0.6 is 15.9 Å². The van der Waals surface area contributed by atoms with Crippen molar-refractivity contribution in [1.82, 2.24) is 0 Å². The predicted octanol–water partition coefficient (Wildman–Crippen LogP) is 4.96. The number of oxime groups is 1. The monoisotopic (exact) mass is 464 g/mol. The molecular weight excluding hydrogens is 449 g/mol. The minimum absolute atomic E-state index is 0.153. The molecule has 10 heteroatoms. The SMILES string of the molecule is C/C(=N\OCc1ccc(Br)cc1)c1cc(C)ccc1NS(=O)(=O)C(F)(F)F. The molecule has 0 unspecified atom stereocenters. The number of hydrogen-bond donors (Lipinski definition) is 1. The van der Waals surface area contributed by atoms with E-state index in [1.165, 1.54) is 25.1 Å². The normalized spacial score (nSPS) is 12.7. The number of hydrogen-bond acceptors (Lipinski definition) is 4. The number of rotatable bonds is 6. The molecule has 0 aliphatic rings. The maximum Gasteiger partial charge on any atom is 0.516 e. The molecular formula is C17H16BrF3N2O3S. The number of nitrogens with one attached hydrogen (secondary N) is 1. The van der Waals surface area contributed by atoms with E-state index in [1.807, 2.05) is 24.3 Å². The molecule has 0 aliphatic heterocycles. The van der Waals surface area contributed by atoms with Crippen molar-refractivity contribution in [3.63, 3.8) is 0 Å². The Morgan fingerprint density at radius 3 is 2.41 bits per heavy atom. The summed E-state index contributed by atoms with van der Waals surface area (Å²) >= 11 is 3.32. The first-order valence-electron chi connectivity index (χ1n) is 7.61. The Balaban J connectivity index is 2.23. The third kappa shape index (κ3) is 5.70. The minimum atomic E-state index is -5.54. The van der Waals surface area contributed by atoms with Crippen molar-refractivity contribution >= 4 is 37.4 Å². The van der Waals surface area contributed by atoms with Crippen LogP contribution in [-0.4, -0.2) is 19.6 Å². The first kappa shape index (κ1) is 21.2. The number of anilines is 1. The number of aryl methyl sites for hydroxylation is 1. The molecule has 0 atom stereocenters. The van der Waals surface area contributed by atoms with Crippen LogP contribution < -0.4 is 4.72 Å². The Morgan fingerprint density at radius 1 is 1.19 bits per heavy atom. The summed E-state index contributed by atoms with van der Waals surface area (Å²) in [5, 5.41) is 3.89. The van der Waals surface area contributed by atoms with Crippen LogP contribution in [0.15, 0.2) is 52.1 Å². The van der Waals surface area contributed by atoms with Gasteiger partial charge in [0.25, 0.3) is 0 Å². The van der Waals surface area contributed by atoms with E-state index >= 15 is 0 Å². The highest BCUT2D eigenvalue weighted by Gasteiger charge is 2.46. The zero-order chi connectivity index (χ0) is 20.2. The molecule has 27 heavy (non-hydrogen) atoms. The third-order valence-corrected chi connectivity index (χ3v) is 5.09. The van der Waals surface area contributed by atoms with Gasteiger partial charge in [-0.3, -0.25) is 4.72 Å². The smallest absolute Gasteiger partial charge is 0.391 e. The van der Waals surface area contributed by atoms with E-state index in [4.69, 9.17) is 4.84 Å². The highest BCUT2D eigenvalue weighted by atomic mass is 79.9. The molecule has 0 aromatic heterocycles. The van der Waals surface area contributed by atoms with Gasteiger partial charge in [-0.1, -0.05) is 44.8 Å². The van der Waals surface area contributed by atoms with Crippen molar-refractivity contribution in [3.05, 3.63) is 63.6 Å². The van der Waals surface area contributed by atoms with Crippen LogP contribution in [0.5, 0.6) is 0 Å². The molecule has 5 nitrogen and oxygen atoms in total. The Bertz CT molecular complexity index is 943. The Kier molecular flexibility index (Phi) is 6.53. The van der Waals surface area contributed by atoms with Gasteiger partial charge in [0.2, 0.25) is 0 Å². The van der Waals surface area contributed by atoms with Gasteiger partial charge in [-0.2, -0.15) is 21.6 Å². The van der Waals surface area contributed by atoms with Crippen LogP contribution in [0.4, 0.5) is 18.9 Å². The van der Waals surface area contributed by atoms with E-state index in [-0.39, 0.29) is 23.6 Å². The summed E-state index contributed by atoms with van der Waals surface area (Å²) < 4.78 is 63.2. The summed E-state index contributed by atoms with van der Waals surface area (Å²) in [4.78, 5) is 5.24. The van der Waals surface area contributed by atoms with Crippen molar-refractivity contribution in [2.45, 2.75) is 26.0 Å². The van der Waals surface area contributed by atoms with E-state index in [9.17, 15) is 21.6 Å². The highest BCUT2D eigenvalue weighted by Crippen LogP contribution is 2.28. The Labute approximate surface area is 163 Å². The van der Waals surface area contributed by atoms with Crippen LogP contribution in [0.25, 0.3) is 0 Å². The van der Waals surface area contributed by atoms with Gasteiger partial charge >= 0.3 is 15.5 Å². The first-order valence-corrected chi connectivity index (χ1v) is 9.88. The van der Waals surface area contributed by atoms with Crippen LogP contribution in [0.2, 0.25) is 0 Å². The van der Waals surface area contributed by atoms with E-state index in [0.717, 1.165) is 15.6 Å². The molecule has 0 radical (unpaired) electrons. The Hall–Kier alpha value is -2.07. The molecule has 2 rings (SSSR count). The molecule has 0 fully saturated rings. The van der Waals surface area contributed by atoms with Crippen molar-refractivity contribution in [3.8, 4) is 0 Å². The molecule has 146 valence electrons. The molecule has 2 aromatic rings. The molecule has 0 saturated carbocycles. The standard InChI is InChI=1S/C17H16BrF3N2O3S/c1-11-3-8-16(23-27(24,25)17(19,20)21)15(9-11)12(2)22-26-10-13-4-6-14(18)7-5-13/h3-9,23H,10H2,1-2H3/b22-12+. The first-order chi connectivity index (χ1) is 12.5. The third-order valence-electron chi connectivity index (χ3n) is 3.46. The fourth-order valence-corrected chi connectivity index (χ4v) is 2.93. The lowest BCUT2D eigenvalue weighted by Gasteiger charge is -2.14. The van der Waals surface area contributed by atoms with Crippen LogP contribution in [0.1, 0.15) is 23.6 Å². The summed E-state index contributed by atoms with van der Waals surface area (Å²) in [5.74, 6) is 0. The average molecular weight is 465 g/mol. The van der Waals surface area contributed by atoms with Gasteiger partial charge in [0.05, 0.1) is 11.4 Å². The van der Waals surface area contributed by atoms with Crippen LogP contribution in [0, 0.1) is 6.92 Å². The van der Waals surface area contributed by atoms with Crippen LogP contribution in [-0.2, 0) is 21.5 Å². The summed E-state index contributed by atoms with van der Waals surface area (Å²) in [6.45, 7) is 3.39. The van der Waals surface area contributed by atoms with E-state index in [0.29, 0.717) is 0 Å². The largest absolute Gasteiger partial charge is 0.516 e. The fraction of sp³-hybridized carbons (Fsp3) is 0.235. The quantitative estimate of drug-likeness (QED) is 0.485. The predicted molar refractivity (Wildman–Crippen MR) is 101 cm³/mol. The zero-order valence-corrected chi connectivity index (χ0v) is 16.7. The van der Waals surface area contributed by atoms with Gasteiger partial charge in [-0.05, 0) is 43.7 Å². The molecule has 0 bridgehead atoms. The second kappa shape index (κ2) is 8.30. The number of nitrogens with zero attached hydrogens (tertiary/aromatic N) is 1. The van der Waals surface area contributed by atoms with E-state index in [2.05, 4.69) is 21.1 Å². The lowest BCUT2D eigenvalue weighted by Crippen LogP contribution is -2.30. The molecule has 0 spiro atoms. The lowest BCUT2D eigenvalue weighted by atomic mass is 10.1. The second-order valence-corrected chi connectivity index (χ2v) is 8.27. The maximum absolute atomic E-state index is 12.6. The highest BCUT2D eigenvalue weighted by molar-refractivity contribution is 9.10. The molecule has 0 aliphatic carbocycles. The van der Waals surface area contributed by atoms with Gasteiger partial charge in [-0.15, -0.1) is 0 Å². The van der Waals surface area contributed by atoms with Gasteiger partial charge in [0, 0.05) is 10.0 Å². The topological polar surface area (TPSA) is 67.8 Å². The van der Waals surface area contributed by atoms with Crippen molar-refractivity contribution in [1.29, 1.82) is 0 Å². The van der Waals surface area contributed by atoms with Gasteiger partial charge in [-0.25, -0.2) is 0 Å². The molecule has 1 N–H and O–H groups in total. The maximum atomic E-state index is 12.6. The zero-order valence-electron chi connectivity index (χ0n) is 14.3. The molecule has 2 aromatic carbocycles. The van der Waals surface area contributed by atoms with Gasteiger partial charge in [0.1, 0.15) is 6.61 Å². The summed E-state index contributed by atoms with van der Waals surface area (Å²) in [5.41, 5.74) is -3.65. The number of halogens is 4. The summed E-state index contributed by atoms with van der Waals surface area (Å²) in [6.07, 6.45) is 0.